The van der Waals surface area contributed by atoms with Crippen molar-refractivity contribution in [3.8, 4) is 5.75 Å². The van der Waals surface area contributed by atoms with Gasteiger partial charge in [-0.1, -0.05) is 19.1 Å². The van der Waals surface area contributed by atoms with Gasteiger partial charge in [0.1, 0.15) is 10.5 Å². The quantitative estimate of drug-likeness (QED) is 0.268. The van der Waals surface area contributed by atoms with Crippen LogP contribution in [0.4, 0.5) is 13.2 Å². The summed E-state index contributed by atoms with van der Waals surface area (Å²) in [4.78, 5) is 37.4. The number of carbonyl (C=O) groups is 2. The number of ether oxygens (including phenoxy) is 2. The van der Waals surface area contributed by atoms with Gasteiger partial charge in [-0.15, -0.1) is 24.9 Å². The zero-order valence-electron chi connectivity index (χ0n) is 20.8. The van der Waals surface area contributed by atoms with Crippen molar-refractivity contribution in [3.05, 3.63) is 76.0 Å². The van der Waals surface area contributed by atoms with Crippen molar-refractivity contribution in [1.82, 2.24) is 14.3 Å². The maximum atomic E-state index is 12.9. The van der Waals surface area contributed by atoms with Gasteiger partial charge in [-0.3, -0.25) is 9.36 Å². The van der Waals surface area contributed by atoms with Crippen LogP contribution in [-0.4, -0.2) is 42.5 Å². The number of aliphatic carboxylic acids is 1. The molecule has 0 aliphatic heterocycles. The summed E-state index contributed by atoms with van der Waals surface area (Å²) in [5, 5.41) is 13.5. The molecule has 0 bridgehead atoms. The highest BCUT2D eigenvalue weighted by Gasteiger charge is 2.31. The molecule has 1 aromatic heterocycles. The fraction of sp³-hybridized carbons (Fsp3) is 0.360. The zero-order chi connectivity index (χ0) is 28.1. The second kappa shape index (κ2) is 11.8. The summed E-state index contributed by atoms with van der Waals surface area (Å²) in [6.45, 7) is 5.07. The van der Waals surface area contributed by atoms with Gasteiger partial charge in [0.15, 0.2) is 12.4 Å². The minimum absolute atomic E-state index is 0.00535. The third-order valence-corrected chi connectivity index (χ3v) is 6.44. The van der Waals surface area contributed by atoms with Gasteiger partial charge >= 0.3 is 24.0 Å². The molecule has 0 saturated carbocycles. The molecule has 2 aromatic carbocycles. The largest absolute Gasteiger partial charge is 0.573 e. The lowest BCUT2D eigenvalue weighted by Gasteiger charge is -2.18. The first-order valence-corrected chi connectivity index (χ1v) is 12.3. The molecule has 0 saturated heterocycles. The maximum absolute atomic E-state index is 12.9. The Morgan fingerprint density at radius 1 is 1.05 bits per heavy atom. The number of esters is 1. The fourth-order valence-corrected chi connectivity index (χ4v) is 4.27. The first-order valence-electron chi connectivity index (χ1n) is 11.5. The number of thioether (sulfide) groups is 1. The molecule has 38 heavy (non-hydrogen) atoms. The van der Waals surface area contributed by atoms with E-state index in [1.54, 1.807) is 26.0 Å². The number of benzene rings is 2. The molecule has 0 spiro atoms. The molecular weight excluding hydrogens is 527 g/mol. The van der Waals surface area contributed by atoms with E-state index in [4.69, 9.17) is 4.74 Å². The number of aromatic nitrogens is 3. The minimum Gasteiger partial charge on any atom is -0.480 e. The smallest absolute Gasteiger partial charge is 0.480 e. The predicted molar refractivity (Wildman–Crippen MR) is 132 cm³/mol. The molecule has 0 atom stereocenters. The Kier molecular flexibility index (Phi) is 8.92. The highest BCUT2D eigenvalue weighted by Crippen LogP contribution is 2.32. The minimum atomic E-state index is -4.80. The average Bonchev–Trinajstić information content (AvgIpc) is 3.12. The Morgan fingerprint density at radius 3 is 2.24 bits per heavy atom. The van der Waals surface area contributed by atoms with Crippen LogP contribution in [0, 0.1) is 0 Å². The van der Waals surface area contributed by atoms with Crippen molar-refractivity contribution in [2.45, 2.75) is 62.9 Å². The van der Waals surface area contributed by atoms with E-state index in [0.29, 0.717) is 23.4 Å². The number of nitrogens with zero attached hydrogens (tertiary/aromatic N) is 3. The van der Waals surface area contributed by atoms with Crippen LogP contribution in [-0.2, 0) is 29.2 Å². The Bertz CT molecular complexity index is 1330. The number of hydrogen-bond donors (Lipinski definition) is 1. The Hall–Kier alpha value is -3.74. The van der Waals surface area contributed by atoms with Crippen LogP contribution in [0.3, 0.4) is 0 Å². The number of carboxylic acids is 1. The number of carboxylic acid groups (broad SMARTS) is 1. The topological polar surface area (TPSA) is 113 Å². The van der Waals surface area contributed by atoms with Gasteiger partial charge in [0, 0.05) is 11.4 Å². The summed E-state index contributed by atoms with van der Waals surface area (Å²) in [6.07, 6.45) is -4.19. The summed E-state index contributed by atoms with van der Waals surface area (Å²) in [5.41, 5.74) is 0.318. The van der Waals surface area contributed by atoms with E-state index < -0.39 is 28.7 Å². The zero-order valence-corrected chi connectivity index (χ0v) is 21.6. The Morgan fingerprint density at radius 2 is 1.68 bits per heavy atom. The lowest BCUT2D eigenvalue weighted by molar-refractivity contribution is -0.274. The summed E-state index contributed by atoms with van der Waals surface area (Å²) in [5.74, 6) is -1.77. The molecule has 0 amide bonds. The van der Waals surface area contributed by atoms with Gasteiger partial charge in [-0.05, 0) is 62.2 Å². The highest BCUT2D eigenvalue weighted by molar-refractivity contribution is 8.01. The van der Waals surface area contributed by atoms with Crippen LogP contribution < -0.4 is 10.4 Å². The first kappa shape index (κ1) is 28.8. The van der Waals surface area contributed by atoms with E-state index >= 15 is 0 Å². The summed E-state index contributed by atoms with van der Waals surface area (Å²) >= 11 is 1.14. The monoisotopic (exact) mass is 553 g/mol. The number of alkyl halides is 3. The molecule has 0 aliphatic rings. The van der Waals surface area contributed by atoms with Crippen LogP contribution >= 0.6 is 11.8 Å². The molecule has 204 valence electrons. The molecule has 1 N–H and O–H groups in total. The van der Waals surface area contributed by atoms with Crippen LogP contribution in [0.5, 0.6) is 5.75 Å². The fourth-order valence-electron chi connectivity index (χ4n) is 3.32. The number of halogens is 3. The van der Waals surface area contributed by atoms with E-state index in [9.17, 15) is 32.7 Å². The van der Waals surface area contributed by atoms with Crippen molar-refractivity contribution >= 4 is 23.7 Å². The molecule has 1 heterocycles. The summed E-state index contributed by atoms with van der Waals surface area (Å²) in [7, 11) is 0. The van der Waals surface area contributed by atoms with Gasteiger partial charge in [0.2, 0.25) is 0 Å². The summed E-state index contributed by atoms with van der Waals surface area (Å²) < 4.78 is 47.8. The van der Waals surface area contributed by atoms with Gasteiger partial charge in [-0.2, -0.15) is 5.10 Å². The van der Waals surface area contributed by atoms with Crippen LogP contribution in [0.15, 0.2) is 58.2 Å². The molecule has 13 heteroatoms. The second-order valence-corrected chi connectivity index (χ2v) is 10.4. The van der Waals surface area contributed by atoms with Crippen molar-refractivity contribution < 1.29 is 37.3 Å². The van der Waals surface area contributed by atoms with Crippen molar-refractivity contribution in [3.63, 3.8) is 0 Å². The Labute approximate surface area is 220 Å². The number of rotatable bonds is 11. The van der Waals surface area contributed by atoms with Crippen LogP contribution in [0.1, 0.15) is 48.9 Å². The van der Waals surface area contributed by atoms with E-state index in [1.165, 1.54) is 28.8 Å². The normalized spacial score (nSPS) is 11.8. The molecule has 9 nitrogen and oxygen atoms in total. The molecule has 0 fully saturated rings. The van der Waals surface area contributed by atoms with Crippen molar-refractivity contribution in [2.75, 3.05) is 0 Å². The molecule has 0 radical (unpaired) electrons. The van der Waals surface area contributed by atoms with Crippen molar-refractivity contribution in [2.24, 2.45) is 0 Å². The summed E-state index contributed by atoms with van der Waals surface area (Å²) in [6, 6.07) is 11.4. The highest BCUT2D eigenvalue weighted by atomic mass is 32.2. The third-order valence-electron chi connectivity index (χ3n) is 5.25. The van der Waals surface area contributed by atoms with Crippen LogP contribution in [0.25, 0.3) is 0 Å². The lowest BCUT2D eigenvalue weighted by atomic mass is 10.2. The van der Waals surface area contributed by atoms with Crippen LogP contribution in [0.2, 0.25) is 0 Å². The van der Waals surface area contributed by atoms with E-state index in [1.807, 2.05) is 6.92 Å². The van der Waals surface area contributed by atoms with Gasteiger partial charge in [0.25, 0.3) is 0 Å². The molecule has 0 unspecified atom stereocenters. The van der Waals surface area contributed by atoms with Gasteiger partial charge in [-0.25, -0.2) is 14.3 Å². The number of carbonyl (C=O) groups excluding carboxylic acids is 1. The first-order chi connectivity index (χ1) is 17.8. The van der Waals surface area contributed by atoms with Gasteiger partial charge in [0.05, 0.1) is 12.1 Å². The van der Waals surface area contributed by atoms with Gasteiger partial charge < -0.3 is 14.6 Å². The van der Waals surface area contributed by atoms with E-state index in [0.717, 1.165) is 28.6 Å². The molecular formula is C25H26F3N3O6S. The van der Waals surface area contributed by atoms with E-state index in [2.05, 4.69) is 9.84 Å². The third kappa shape index (κ3) is 7.63. The molecule has 0 aliphatic carbocycles. The molecule has 3 rings (SSSR count). The molecule has 3 aromatic rings. The second-order valence-electron chi connectivity index (χ2n) is 8.72. The van der Waals surface area contributed by atoms with E-state index in [-0.39, 0.29) is 30.3 Å². The SMILES string of the molecule is CCCn1c(COC(=O)c2ccc(SC(C)(C)C(=O)O)cc2)nn(Cc2ccc(OC(F)(F)F)cc2)c1=O. The lowest BCUT2D eigenvalue weighted by Crippen LogP contribution is -2.26. The number of hydrogen-bond acceptors (Lipinski definition) is 7. The maximum Gasteiger partial charge on any atom is 0.573 e. The van der Waals surface area contributed by atoms with Crippen molar-refractivity contribution in [1.29, 1.82) is 0 Å². The standard InChI is InChI=1S/C25H26F3N3O6S/c1-4-13-30-20(15-36-21(32)17-7-11-19(12-8-17)38-24(2,3)22(33)34)29-31(23(30)35)14-16-5-9-18(10-6-16)37-25(26,27)28/h5-12H,4,13-15H2,1-3H3,(H,33,34). The predicted octanol–water partition coefficient (Wildman–Crippen LogP) is 4.71. The Balaban J connectivity index is 1.69. The average molecular weight is 554 g/mol.